The molecular weight excluding hydrogens is 398 g/mol. The highest BCUT2D eigenvalue weighted by Crippen LogP contribution is 2.23. The number of amides is 1. The third-order valence-electron chi connectivity index (χ3n) is 5.55. The van der Waals surface area contributed by atoms with Gasteiger partial charge in [0.1, 0.15) is 5.75 Å². The molecule has 162 valence electrons. The molecule has 0 spiro atoms. The molecule has 5 nitrogen and oxygen atoms in total. The number of ether oxygens (including phenoxy) is 1. The highest BCUT2D eigenvalue weighted by Gasteiger charge is 2.24. The molecule has 1 heterocycles. The zero-order chi connectivity index (χ0) is 21.3. The maximum atomic E-state index is 12.8. The van der Waals surface area contributed by atoms with E-state index in [1.807, 2.05) is 36.4 Å². The first-order chi connectivity index (χ1) is 14.6. The number of nitrogens with one attached hydrogen (secondary N) is 1. The van der Waals surface area contributed by atoms with Crippen LogP contribution in [0.4, 0.5) is 0 Å². The number of unbranched alkanes of at least 4 members (excludes halogenated alkanes) is 1. The van der Waals surface area contributed by atoms with E-state index < -0.39 is 0 Å². The third kappa shape index (κ3) is 6.46. The molecule has 0 bridgehead atoms. The van der Waals surface area contributed by atoms with Crippen molar-refractivity contribution in [3.05, 3.63) is 64.7 Å². The predicted octanol–water partition coefficient (Wildman–Crippen LogP) is 4.24. The Hall–Kier alpha value is -2.08. The Morgan fingerprint density at radius 2 is 1.87 bits per heavy atom. The lowest BCUT2D eigenvalue weighted by atomic mass is 10.0. The highest BCUT2D eigenvalue weighted by molar-refractivity contribution is 6.30. The zero-order valence-electron chi connectivity index (χ0n) is 17.9. The zero-order valence-corrected chi connectivity index (χ0v) is 18.7. The van der Waals surface area contributed by atoms with Gasteiger partial charge in [0.25, 0.3) is 5.91 Å². The van der Waals surface area contributed by atoms with Gasteiger partial charge in [0.15, 0.2) is 0 Å². The maximum Gasteiger partial charge on any atom is 0.251 e. The number of piperazine rings is 1. The first kappa shape index (κ1) is 22.6. The standard InChI is InChI=1S/C24H32ClN3O2/c1-3-4-16-30-22-7-5-6-20(17-22)24(29)26-18-23(19-8-10-21(25)11-9-19)28-14-12-27(2)13-15-28/h5-11,17,23H,3-4,12-16,18H2,1-2H3,(H,26,29)/t23-/m1/s1. The molecule has 0 unspecified atom stereocenters. The largest absolute Gasteiger partial charge is 0.494 e. The van der Waals surface area contributed by atoms with Gasteiger partial charge in [-0.05, 0) is 49.4 Å². The minimum absolute atomic E-state index is 0.0796. The van der Waals surface area contributed by atoms with Crippen molar-refractivity contribution in [1.29, 1.82) is 0 Å². The molecule has 6 heteroatoms. The van der Waals surface area contributed by atoms with E-state index in [1.54, 1.807) is 0 Å². The van der Waals surface area contributed by atoms with E-state index in [2.05, 4.69) is 41.2 Å². The van der Waals surface area contributed by atoms with Gasteiger partial charge in [0.2, 0.25) is 0 Å². The first-order valence-electron chi connectivity index (χ1n) is 10.8. The molecule has 1 fully saturated rings. The fourth-order valence-electron chi connectivity index (χ4n) is 3.63. The van der Waals surface area contributed by atoms with Gasteiger partial charge < -0.3 is 15.0 Å². The highest BCUT2D eigenvalue weighted by atomic mass is 35.5. The molecule has 0 radical (unpaired) electrons. The molecule has 2 aromatic rings. The molecule has 0 saturated carbocycles. The lowest BCUT2D eigenvalue weighted by Gasteiger charge is -2.38. The molecule has 30 heavy (non-hydrogen) atoms. The lowest BCUT2D eigenvalue weighted by Crippen LogP contribution is -2.48. The van der Waals surface area contributed by atoms with Crippen LogP contribution in [0.3, 0.4) is 0 Å². The Bertz CT molecular complexity index is 804. The Labute approximate surface area is 185 Å². The number of carbonyl (C=O) groups is 1. The molecule has 2 aromatic carbocycles. The number of halogens is 1. The van der Waals surface area contributed by atoms with Crippen LogP contribution in [-0.2, 0) is 0 Å². The van der Waals surface area contributed by atoms with Crippen LogP contribution in [0.5, 0.6) is 5.75 Å². The van der Waals surface area contributed by atoms with E-state index >= 15 is 0 Å². The van der Waals surface area contributed by atoms with E-state index in [0.717, 1.165) is 49.8 Å². The summed E-state index contributed by atoms with van der Waals surface area (Å²) in [6, 6.07) is 15.5. The van der Waals surface area contributed by atoms with E-state index in [9.17, 15) is 4.79 Å². The summed E-state index contributed by atoms with van der Waals surface area (Å²) in [5, 5.41) is 3.85. The van der Waals surface area contributed by atoms with Crippen LogP contribution in [0.25, 0.3) is 0 Å². The van der Waals surface area contributed by atoms with Crippen molar-refractivity contribution in [1.82, 2.24) is 15.1 Å². The van der Waals surface area contributed by atoms with E-state index in [-0.39, 0.29) is 11.9 Å². The Morgan fingerprint density at radius 3 is 2.57 bits per heavy atom. The number of carbonyl (C=O) groups excluding carboxylic acids is 1. The van der Waals surface area contributed by atoms with Gasteiger partial charge in [0.05, 0.1) is 12.6 Å². The van der Waals surface area contributed by atoms with Gasteiger partial charge in [-0.25, -0.2) is 0 Å². The number of nitrogens with zero attached hydrogens (tertiary/aromatic N) is 2. The minimum Gasteiger partial charge on any atom is -0.494 e. The summed E-state index contributed by atoms with van der Waals surface area (Å²) in [4.78, 5) is 17.6. The van der Waals surface area contributed by atoms with E-state index in [4.69, 9.17) is 16.3 Å². The molecule has 0 aliphatic carbocycles. The van der Waals surface area contributed by atoms with Gasteiger partial charge in [0, 0.05) is 43.3 Å². The van der Waals surface area contributed by atoms with Gasteiger partial charge in [-0.1, -0.05) is 43.1 Å². The van der Waals surface area contributed by atoms with Crippen LogP contribution < -0.4 is 10.1 Å². The predicted molar refractivity (Wildman–Crippen MR) is 122 cm³/mol. The number of likely N-dealkylation sites (N-methyl/N-ethyl adjacent to an activating group) is 1. The number of benzene rings is 2. The average Bonchev–Trinajstić information content (AvgIpc) is 2.76. The number of rotatable bonds is 9. The average molecular weight is 430 g/mol. The van der Waals surface area contributed by atoms with Crippen molar-refractivity contribution in [2.45, 2.75) is 25.8 Å². The third-order valence-corrected chi connectivity index (χ3v) is 5.80. The van der Waals surface area contributed by atoms with Gasteiger partial charge in [-0.3, -0.25) is 9.69 Å². The fraction of sp³-hybridized carbons (Fsp3) is 0.458. The second-order valence-corrected chi connectivity index (χ2v) is 8.28. The van der Waals surface area contributed by atoms with E-state index in [1.165, 1.54) is 5.56 Å². The van der Waals surface area contributed by atoms with Crippen LogP contribution in [0, 0.1) is 0 Å². The summed E-state index contributed by atoms with van der Waals surface area (Å²) in [5.41, 5.74) is 1.79. The second-order valence-electron chi connectivity index (χ2n) is 7.85. The molecule has 1 amide bonds. The van der Waals surface area contributed by atoms with Crippen molar-refractivity contribution >= 4 is 17.5 Å². The summed E-state index contributed by atoms with van der Waals surface area (Å²) < 4.78 is 5.74. The molecule has 1 aliphatic heterocycles. The molecule has 0 aromatic heterocycles. The summed E-state index contributed by atoms with van der Waals surface area (Å²) in [5.74, 6) is 0.661. The quantitative estimate of drug-likeness (QED) is 0.605. The summed E-state index contributed by atoms with van der Waals surface area (Å²) in [6.45, 7) is 7.34. The molecule has 1 atom stereocenters. The molecular formula is C24H32ClN3O2. The van der Waals surface area contributed by atoms with Crippen LogP contribution in [0.15, 0.2) is 48.5 Å². The Kier molecular flexibility index (Phi) is 8.55. The van der Waals surface area contributed by atoms with Crippen LogP contribution >= 0.6 is 11.6 Å². The normalized spacial score (nSPS) is 16.2. The summed E-state index contributed by atoms with van der Waals surface area (Å²) in [7, 11) is 2.14. The van der Waals surface area contributed by atoms with Gasteiger partial charge >= 0.3 is 0 Å². The summed E-state index contributed by atoms with van der Waals surface area (Å²) in [6.07, 6.45) is 2.09. The maximum absolute atomic E-state index is 12.8. The lowest BCUT2D eigenvalue weighted by molar-refractivity contribution is 0.0886. The van der Waals surface area contributed by atoms with Crippen LogP contribution in [0.2, 0.25) is 5.02 Å². The monoisotopic (exact) mass is 429 g/mol. The van der Waals surface area contributed by atoms with Crippen molar-refractivity contribution in [3.8, 4) is 5.75 Å². The Balaban J connectivity index is 1.66. The van der Waals surface area contributed by atoms with Crippen molar-refractivity contribution in [2.75, 3.05) is 46.4 Å². The SMILES string of the molecule is CCCCOc1cccc(C(=O)NC[C@H](c2ccc(Cl)cc2)N2CCN(C)CC2)c1. The van der Waals surface area contributed by atoms with Crippen molar-refractivity contribution in [2.24, 2.45) is 0 Å². The minimum atomic E-state index is -0.0796. The topological polar surface area (TPSA) is 44.8 Å². The molecule has 3 rings (SSSR count). The Morgan fingerprint density at radius 1 is 1.13 bits per heavy atom. The number of hydrogen-bond acceptors (Lipinski definition) is 4. The van der Waals surface area contributed by atoms with Crippen LogP contribution in [-0.4, -0.2) is 62.1 Å². The van der Waals surface area contributed by atoms with Gasteiger partial charge in [-0.2, -0.15) is 0 Å². The number of hydrogen-bond donors (Lipinski definition) is 1. The van der Waals surface area contributed by atoms with E-state index in [0.29, 0.717) is 18.7 Å². The van der Waals surface area contributed by atoms with Crippen molar-refractivity contribution < 1.29 is 9.53 Å². The molecule has 1 N–H and O–H groups in total. The smallest absolute Gasteiger partial charge is 0.251 e. The van der Waals surface area contributed by atoms with Crippen LogP contribution in [0.1, 0.15) is 41.7 Å². The summed E-state index contributed by atoms with van der Waals surface area (Å²) >= 11 is 6.09. The second kappa shape index (κ2) is 11.3. The fourth-order valence-corrected chi connectivity index (χ4v) is 3.76. The van der Waals surface area contributed by atoms with Gasteiger partial charge in [-0.15, -0.1) is 0 Å². The molecule has 1 saturated heterocycles. The van der Waals surface area contributed by atoms with Crippen molar-refractivity contribution in [3.63, 3.8) is 0 Å². The molecule has 1 aliphatic rings. The first-order valence-corrected chi connectivity index (χ1v) is 11.1.